The van der Waals surface area contributed by atoms with Gasteiger partial charge in [0.15, 0.2) is 0 Å². The molecule has 0 saturated carbocycles. The van der Waals surface area contributed by atoms with Gasteiger partial charge in [-0.05, 0) is 18.8 Å². The van der Waals surface area contributed by atoms with Crippen LogP contribution in [0.1, 0.15) is 52.4 Å². The van der Waals surface area contributed by atoms with Gasteiger partial charge in [0.25, 0.3) is 0 Å². The van der Waals surface area contributed by atoms with E-state index in [-0.39, 0.29) is 12.4 Å². The molecule has 0 N–H and O–H groups in total. The van der Waals surface area contributed by atoms with Gasteiger partial charge in [0.1, 0.15) is 0 Å². The second kappa shape index (κ2) is 9.41. The summed E-state index contributed by atoms with van der Waals surface area (Å²) in [5.74, 6) is 1.18. The van der Waals surface area contributed by atoms with Crippen LogP contribution in [0.15, 0.2) is 11.1 Å². The number of rotatable bonds is 7. The maximum atomic E-state index is 2.49. The molecule has 0 amide bonds. The van der Waals surface area contributed by atoms with Gasteiger partial charge in [-0.25, -0.2) is 0 Å². The molecule has 0 radical (unpaired) electrons. The third-order valence-corrected chi connectivity index (χ3v) is 3.73. The second-order valence-electron chi connectivity index (χ2n) is 4.09. The minimum Gasteiger partial charge on any atom is -0.365 e. The highest BCUT2D eigenvalue weighted by molar-refractivity contribution is 8.02. The predicted molar refractivity (Wildman–Crippen MR) is 73.5 cm³/mol. The number of unbranched alkanes of at least 4 members (excludes halogenated alkanes) is 5. The van der Waals surface area contributed by atoms with Gasteiger partial charge >= 0.3 is 0 Å². The standard InChI is InChI=1S/C12H23NS.ClH/c1-3-4-5-6-7-8-9-13-11-14-10-12(13)2;/h10H,3-9,11H2,1-2H3;1H. The lowest BCUT2D eigenvalue weighted by molar-refractivity contribution is 0.392. The molecule has 0 spiro atoms. The molecule has 1 heterocycles. The minimum atomic E-state index is 0. The molecule has 1 aliphatic heterocycles. The summed E-state index contributed by atoms with van der Waals surface area (Å²) in [5.41, 5.74) is 1.46. The van der Waals surface area contributed by atoms with Crippen LogP contribution in [0, 0.1) is 0 Å². The van der Waals surface area contributed by atoms with E-state index in [0.717, 1.165) is 0 Å². The number of thioether (sulfide) groups is 1. The van der Waals surface area contributed by atoms with E-state index in [1.165, 1.54) is 56.6 Å². The van der Waals surface area contributed by atoms with E-state index in [4.69, 9.17) is 0 Å². The summed E-state index contributed by atoms with van der Waals surface area (Å²) in [6.45, 7) is 5.76. The Kier molecular flexibility index (Phi) is 9.52. The molecule has 1 rings (SSSR count). The Morgan fingerprint density at radius 2 is 1.87 bits per heavy atom. The van der Waals surface area contributed by atoms with Crippen molar-refractivity contribution in [3.8, 4) is 0 Å². The third-order valence-electron chi connectivity index (χ3n) is 2.76. The van der Waals surface area contributed by atoms with Crippen LogP contribution in [0.5, 0.6) is 0 Å². The highest BCUT2D eigenvalue weighted by Gasteiger charge is 2.09. The van der Waals surface area contributed by atoms with Crippen LogP contribution in [0.4, 0.5) is 0 Å². The van der Waals surface area contributed by atoms with Gasteiger partial charge in [0.05, 0.1) is 5.88 Å². The molecule has 0 aromatic heterocycles. The molecule has 0 unspecified atom stereocenters. The molecule has 0 bridgehead atoms. The Balaban J connectivity index is 0.00000196. The topological polar surface area (TPSA) is 3.24 Å². The Morgan fingerprint density at radius 1 is 1.20 bits per heavy atom. The zero-order chi connectivity index (χ0) is 10.2. The molecule has 0 saturated heterocycles. The van der Waals surface area contributed by atoms with Crippen molar-refractivity contribution in [3.05, 3.63) is 11.1 Å². The average molecular weight is 250 g/mol. The van der Waals surface area contributed by atoms with Crippen molar-refractivity contribution in [2.75, 3.05) is 12.4 Å². The van der Waals surface area contributed by atoms with E-state index in [9.17, 15) is 0 Å². The number of nitrogens with zero attached hydrogens (tertiary/aromatic N) is 1. The van der Waals surface area contributed by atoms with Gasteiger partial charge in [0, 0.05) is 12.2 Å². The zero-order valence-corrected chi connectivity index (χ0v) is 11.6. The predicted octanol–water partition coefficient (Wildman–Crippen LogP) is 4.64. The molecule has 90 valence electrons. The molecule has 0 aromatic rings. The highest BCUT2D eigenvalue weighted by Crippen LogP contribution is 2.22. The van der Waals surface area contributed by atoms with Crippen molar-refractivity contribution in [3.63, 3.8) is 0 Å². The Hall–Kier alpha value is 0.180. The largest absolute Gasteiger partial charge is 0.365 e. The molecule has 15 heavy (non-hydrogen) atoms. The van der Waals surface area contributed by atoms with Crippen molar-refractivity contribution < 1.29 is 0 Å². The fourth-order valence-electron chi connectivity index (χ4n) is 1.75. The van der Waals surface area contributed by atoms with Crippen LogP contribution in [-0.4, -0.2) is 17.3 Å². The van der Waals surface area contributed by atoms with Crippen LogP contribution >= 0.6 is 24.2 Å². The van der Waals surface area contributed by atoms with E-state index in [1.807, 2.05) is 11.8 Å². The number of allylic oxidation sites excluding steroid dienone is 1. The van der Waals surface area contributed by atoms with Gasteiger partial charge in [0.2, 0.25) is 0 Å². The van der Waals surface area contributed by atoms with Crippen molar-refractivity contribution >= 4 is 24.2 Å². The molecule has 3 heteroatoms. The maximum absolute atomic E-state index is 2.49. The third kappa shape index (κ3) is 6.36. The average Bonchev–Trinajstić information content (AvgIpc) is 2.58. The Morgan fingerprint density at radius 3 is 2.47 bits per heavy atom. The van der Waals surface area contributed by atoms with E-state index in [1.54, 1.807) is 0 Å². The molecule has 0 fully saturated rings. The summed E-state index contributed by atoms with van der Waals surface area (Å²) in [7, 11) is 0. The van der Waals surface area contributed by atoms with Crippen molar-refractivity contribution in [1.29, 1.82) is 0 Å². The van der Waals surface area contributed by atoms with Crippen LogP contribution in [-0.2, 0) is 0 Å². The van der Waals surface area contributed by atoms with Gasteiger partial charge in [-0.2, -0.15) is 0 Å². The molecule has 0 atom stereocenters. The van der Waals surface area contributed by atoms with Crippen LogP contribution in [0.25, 0.3) is 0 Å². The summed E-state index contributed by atoms with van der Waals surface area (Å²) in [4.78, 5) is 2.49. The lowest BCUT2D eigenvalue weighted by Crippen LogP contribution is -2.18. The number of hydrogen-bond donors (Lipinski definition) is 0. The lowest BCUT2D eigenvalue weighted by Gasteiger charge is -2.18. The smallest absolute Gasteiger partial charge is 0.0677 e. The lowest BCUT2D eigenvalue weighted by atomic mass is 10.1. The maximum Gasteiger partial charge on any atom is 0.0677 e. The first-order valence-corrected chi connectivity index (χ1v) is 6.92. The molecule has 0 aliphatic carbocycles. The summed E-state index contributed by atoms with van der Waals surface area (Å²) in [5, 5.41) is 2.27. The van der Waals surface area contributed by atoms with Crippen molar-refractivity contribution in [1.82, 2.24) is 4.90 Å². The fourth-order valence-corrected chi connectivity index (χ4v) is 2.73. The van der Waals surface area contributed by atoms with E-state index >= 15 is 0 Å². The number of halogens is 1. The van der Waals surface area contributed by atoms with Gasteiger partial charge in [-0.1, -0.05) is 39.0 Å². The van der Waals surface area contributed by atoms with E-state index in [0.29, 0.717) is 0 Å². The van der Waals surface area contributed by atoms with Crippen LogP contribution in [0.3, 0.4) is 0 Å². The van der Waals surface area contributed by atoms with Crippen molar-refractivity contribution in [2.24, 2.45) is 0 Å². The summed E-state index contributed by atoms with van der Waals surface area (Å²) >= 11 is 1.93. The fraction of sp³-hybridized carbons (Fsp3) is 0.833. The first-order chi connectivity index (χ1) is 6.84. The van der Waals surface area contributed by atoms with Gasteiger partial charge in [-0.3, -0.25) is 0 Å². The first kappa shape index (κ1) is 15.2. The van der Waals surface area contributed by atoms with E-state index < -0.39 is 0 Å². The van der Waals surface area contributed by atoms with E-state index in [2.05, 4.69) is 24.2 Å². The number of hydrogen-bond acceptors (Lipinski definition) is 2. The normalized spacial score (nSPS) is 15.1. The molecule has 1 nitrogen and oxygen atoms in total. The second-order valence-corrected chi connectivity index (χ2v) is 4.91. The molecular formula is C12H24ClNS. The quantitative estimate of drug-likeness (QED) is 0.605. The molecule has 0 aromatic carbocycles. The van der Waals surface area contributed by atoms with Gasteiger partial charge in [-0.15, -0.1) is 24.2 Å². The molecule has 1 aliphatic rings. The summed E-state index contributed by atoms with van der Waals surface area (Å²) in [6, 6.07) is 0. The highest BCUT2D eigenvalue weighted by atomic mass is 35.5. The monoisotopic (exact) mass is 249 g/mol. The summed E-state index contributed by atoms with van der Waals surface area (Å²) < 4.78 is 0. The van der Waals surface area contributed by atoms with Crippen molar-refractivity contribution in [2.45, 2.75) is 52.4 Å². The zero-order valence-electron chi connectivity index (χ0n) is 10.00. The first-order valence-electron chi connectivity index (χ1n) is 5.88. The summed E-state index contributed by atoms with van der Waals surface area (Å²) in [6.07, 6.45) is 8.41. The van der Waals surface area contributed by atoms with Crippen LogP contribution in [0.2, 0.25) is 0 Å². The van der Waals surface area contributed by atoms with Crippen LogP contribution < -0.4 is 0 Å². The molecular weight excluding hydrogens is 226 g/mol. The minimum absolute atomic E-state index is 0. The Bertz CT molecular complexity index is 182. The SMILES string of the molecule is CCCCCCCCN1CSC=C1C.Cl. The Labute approximate surface area is 105 Å². The van der Waals surface area contributed by atoms with Gasteiger partial charge < -0.3 is 4.90 Å².